The molecule has 1 aromatic carbocycles. The van der Waals surface area contributed by atoms with Crippen LogP contribution in [0.3, 0.4) is 0 Å². The molecule has 2 heterocycles. The summed E-state index contributed by atoms with van der Waals surface area (Å²) in [6, 6.07) is 7.37. The standard InChI is InChI=1S/C18H22N2O5S/c21-17(19-9-7-14(8-10-19)18(22)23)6-5-13-11-15-3-1-2-4-16(15)20(12-13)26(24)25/h1-4,11,14H,5-10,12H2,(H,22,23)(H,24,25). The molecule has 2 N–H and O–H groups in total. The number of aliphatic carboxylic acids is 1. The molecule has 1 aromatic rings. The van der Waals surface area contributed by atoms with Crippen molar-refractivity contribution in [2.75, 3.05) is 23.9 Å². The van der Waals surface area contributed by atoms with Gasteiger partial charge in [0.25, 0.3) is 11.3 Å². The molecular weight excluding hydrogens is 356 g/mol. The summed E-state index contributed by atoms with van der Waals surface area (Å²) in [6.45, 7) is 1.27. The molecule has 2 aliphatic rings. The average molecular weight is 378 g/mol. The second-order valence-electron chi connectivity index (χ2n) is 6.62. The van der Waals surface area contributed by atoms with E-state index < -0.39 is 17.2 Å². The first-order valence-electron chi connectivity index (χ1n) is 8.63. The number of fused-ring (bicyclic) bond motifs is 1. The molecule has 0 radical (unpaired) electrons. The number of nitrogens with zero attached hydrogens (tertiary/aromatic N) is 2. The fourth-order valence-electron chi connectivity index (χ4n) is 3.46. The number of hydrogen-bond acceptors (Lipinski definition) is 3. The van der Waals surface area contributed by atoms with Crippen molar-refractivity contribution in [3.63, 3.8) is 0 Å². The van der Waals surface area contributed by atoms with E-state index in [0.717, 1.165) is 11.1 Å². The summed E-state index contributed by atoms with van der Waals surface area (Å²) in [6.07, 6.45) is 3.79. The lowest BCUT2D eigenvalue weighted by molar-refractivity contribution is -0.145. The van der Waals surface area contributed by atoms with Gasteiger partial charge in [0.05, 0.1) is 18.2 Å². The summed E-state index contributed by atoms with van der Waals surface area (Å²) in [4.78, 5) is 25.1. The highest BCUT2D eigenvalue weighted by Crippen LogP contribution is 2.31. The summed E-state index contributed by atoms with van der Waals surface area (Å²) in [7, 11) is 0. The van der Waals surface area contributed by atoms with Gasteiger partial charge in [0.15, 0.2) is 0 Å². The minimum Gasteiger partial charge on any atom is -0.481 e. The van der Waals surface area contributed by atoms with Gasteiger partial charge in [-0.15, -0.1) is 0 Å². The monoisotopic (exact) mass is 378 g/mol. The molecule has 0 aromatic heterocycles. The number of likely N-dealkylation sites (tertiary alicyclic amines) is 1. The Kier molecular flexibility index (Phi) is 5.73. The Labute approximate surface area is 154 Å². The topological polar surface area (TPSA) is 98.2 Å². The highest BCUT2D eigenvalue weighted by molar-refractivity contribution is 7.80. The second kappa shape index (κ2) is 8.01. The van der Waals surface area contributed by atoms with Crippen LogP contribution in [0.1, 0.15) is 31.2 Å². The Morgan fingerprint density at radius 3 is 2.54 bits per heavy atom. The zero-order chi connectivity index (χ0) is 18.7. The number of para-hydroxylation sites is 1. The zero-order valence-electron chi connectivity index (χ0n) is 14.3. The smallest absolute Gasteiger partial charge is 0.306 e. The van der Waals surface area contributed by atoms with Gasteiger partial charge < -0.3 is 10.0 Å². The van der Waals surface area contributed by atoms with Gasteiger partial charge in [-0.3, -0.25) is 18.4 Å². The first-order chi connectivity index (χ1) is 12.5. The lowest BCUT2D eigenvalue weighted by atomic mass is 9.96. The van der Waals surface area contributed by atoms with E-state index in [0.29, 0.717) is 51.0 Å². The zero-order valence-corrected chi connectivity index (χ0v) is 15.2. The normalized spacial score (nSPS) is 18.9. The first kappa shape index (κ1) is 18.6. The number of carbonyl (C=O) groups excluding carboxylic acids is 1. The van der Waals surface area contributed by atoms with E-state index in [4.69, 9.17) is 5.11 Å². The fourth-order valence-corrected chi connectivity index (χ4v) is 4.07. The van der Waals surface area contributed by atoms with Crippen LogP contribution in [-0.2, 0) is 20.9 Å². The van der Waals surface area contributed by atoms with Crippen molar-refractivity contribution in [1.82, 2.24) is 4.90 Å². The predicted molar refractivity (Wildman–Crippen MR) is 98.7 cm³/mol. The van der Waals surface area contributed by atoms with Crippen molar-refractivity contribution in [2.24, 2.45) is 5.92 Å². The molecule has 26 heavy (non-hydrogen) atoms. The van der Waals surface area contributed by atoms with Crippen LogP contribution in [0.5, 0.6) is 0 Å². The Hall–Kier alpha value is -2.19. The van der Waals surface area contributed by atoms with Crippen molar-refractivity contribution in [1.29, 1.82) is 0 Å². The van der Waals surface area contributed by atoms with Gasteiger partial charge >= 0.3 is 5.97 Å². The van der Waals surface area contributed by atoms with Gasteiger partial charge in [0, 0.05) is 19.5 Å². The minimum atomic E-state index is -2.12. The molecule has 2 aliphatic heterocycles. The van der Waals surface area contributed by atoms with Crippen molar-refractivity contribution >= 4 is 34.9 Å². The number of hydrogen-bond donors (Lipinski definition) is 2. The molecule has 0 bridgehead atoms. The third kappa shape index (κ3) is 4.13. The molecule has 7 nitrogen and oxygen atoms in total. The summed E-state index contributed by atoms with van der Waals surface area (Å²) in [5, 5.41) is 9.03. The molecule has 140 valence electrons. The number of carboxylic acids is 1. The third-order valence-corrected chi connectivity index (χ3v) is 5.66. The minimum absolute atomic E-state index is 0.00488. The van der Waals surface area contributed by atoms with Crippen molar-refractivity contribution in [2.45, 2.75) is 25.7 Å². The van der Waals surface area contributed by atoms with Gasteiger partial charge in [0.2, 0.25) is 5.91 Å². The maximum absolute atomic E-state index is 12.4. The maximum Gasteiger partial charge on any atom is 0.306 e. The Bertz CT molecular complexity index is 756. The second-order valence-corrected chi connectivity index (χ2v) is 7.52. The molecule has 0 saturated carbocycles. The van der Waals surface area contributed by atoms with Gasteiger partial charge in [-0.25, -0.2) is 4.21 Å². The number of anilines is 1. The molecule has 1 saturated heterocycles. The SMILES string of the molecule is O=C(O)C1CCN(C(=O)CCC2=Cc3ccccc3N(S(=O)O)C2)CC1. The van der Waals surface area contributed by atoms with Crippen molar-refractivity contribution in [3.8, 4) is 0 Å². The van der Waals surface area contributed by atoms with Gasteiger partial charge in [-0.1, -0.05) is 24.3 Å². The Morgan fingerprint density at radius 1 is 1.19 bits per heavy atom. The molecule has 0 spiro atoms. The summed E-state index contributed by atoms with van der Waals surface area (Å²) < 4.78 is 22.6. The van der Waals surface area contributed by atoms with Crippen LogP contribution in [0.25, 0.3) is 6.08 Å². The number of carbonyl (C=O) groups is 2. The van der Waals surface area contributed by atoms with E-state index in [9.17, 15) is 18.4 Å². The van der Waals surface area contributed by atoms with Gasteiger partial charge in [0.1, 0.15) is 0 Å². The van der Waals surface area contributed by atoms with Crippen LogP contribution in [0.15, 0.2) is 29.8 Å². The number of amides is 1. The first-order valence-corrected chi connectivity index (χ1v) is 9.69. The molecule has 1 fully saturated rings. The van der Waals surface area contributed by atoms with Crippen LogP contribution in [-0.4, -0.2) is 50.3 Å². The molecule has 8 heteroatoms. The van der Waals surface area contributed by atoms with Crippen LogP contribution < -0.4 is 4.31 Å². The van der Waals surface area contributed by atoms with E-state index >= 15 is 0 Å². The van der Waals surface area contributed by atoms with E-state index in [1.54, 1.807) is 11.0 Å². The van der Waals surface area contributed by atoms with Crippen LogP contribution in [0, 0.1) is 5.92 Å². The fraction of sp³-hybridized carbons (Fsp3) is 0.444. The third-order valence-electron chi connectivity index (χ3n) is 4.96. The highest BCUT2D eigenvalue weighted by atomic mass is 32.2. The van der Waals surface area contributed by atoms with Crippen LogP contribution >= 0.6 is 0 Å². The highest BCUT2D eigenvalue weighted by Gasteiger charge is 2.27. The van der Waals surface area contributed by atoms with Crippen molar-refractivity contribution < 1.29 is 23.5 Å². The summed E-state index contributed by atoms with van der Waals surface area (Å²) in [5.74, 6) is -1.14. The molecule has 3 rings (SSSR count). The van der Waals surface area contributed by atoms with Crippen LogP contribution in [0.2, 0.25) is 0 Å². The van der Waals surface area contributed by atoms with E-state index in [1.165, 1.54) is 4.31 Å². The number of rotatable bonds is 5. The molecule has 1 atom stereocenters. The van der Waals surface area contributed by atoms with Crippen LogP contribution in [0.4, 0.5) is 5.69 Å². The van der Waals surface area contributed by atoms with E-state index in [-0.39, 0.29) is 11.8 Å². The quantitative estimate of drug-likeness (QED) is 0.765. The summed E-state index contributed by atoms with van der Waals surface area (Å²) >= 11 is -2.12. The Morgan fingerprint density at radius 2 is 1.88 bits per heavy atom. The Balaban J connectivity index is 1.60. The van der Waals surface area contributed by atoms with Crippen molar-refractivity contribution in [3.05, 3.63) is 35.4 Å². The number of carboxylic acid groups (broad SMARTS) is 1. The lowest BCUT2D eigenvalue weighted by Gasteiger charge is -2.31. The molecular formula is C18H22N2O5S. The molecule has 1 amide bonds. The average Bonchev–Trinajstić information content (AvgIpc) is 2.65. The number of benzene rings is 1. The van der Waals surface area contributed by atoms with Gasteiger partial charge in [-0.05, 0) is 36.5 Å². The molecule has 0 aliphatic carbocycles. The summed E-state index contributed by atoms with van der Waals surface area (Å²) in [5.41, 5.74) is 2.50. The van der Waals surface area contributed by atoms with E-state index in [1.807, 2.05) is 24.3 Å². The number of piperidine rings is 1. The predicted octanol–water partition coefficient (Wildman–Crippen LogP) is 2.13. The van der Waals surface area contributed by atoms with Gasteiger partial charge in [-0.2, -0.15) is 0 Å². The lowest BCUT2D eigenvalue weighted by Crippen LogP contribution is -2.40. The largest absolute Gasteiger partial charge is 0.481 e. The van der Waals surface area contributed by atoms with E-state index in [2.05, 4.69) is 0 Å². The molecule has 1 unspecified atom stereocenters. The maximum atomic E-state index is 12.4.